The summed E-state index contributed by atoms with van der Waals surface area (Å²) in [5.74, 6) is 0.778. The lowest BCUT2D eigenvalue weighted by atomic mass is 10.1. The molecule has 2 amide bonds. The Labute approximate surface area is 214 Å². The Balaban J connectivity index is 1.61. The van der Waals surface area contributed by atoms with Gasteiger partial charge in [-0.2, -0.15) is 0 Å². The molecule has 9 heteroatoms. The number of hydrogen-bond acceptors (Lipinski definition) is 5. The van der Waals surface area contributed by atoms with Crippen LogP contribution in [0.15, 0.2) is 72.8 Å². The molecule has 4 rings (SSSR count). The number of carbonyl (C=O) groups is 2. The van der Waals surface area contributed by atoms with Gasteiger partial charge in [0.25, 0.3) is 5.91 Å². The van der Waals surface area contributed by atoms with Crippen LogP contribution in [-0.4, -0.2) is 42.1 Å². The maximum atomic E-state index is 13.6. The van der Waals surface area contributed by atoms with Gasteiger partial charge in [0, 0.05) is 6.54 Å². The highest BCUT2D eigenvalue weighted by atomic mass is 35.5. The zero-order chi connectivity index (χ0) is 24.9. The van der Waals surface area contributed by atoms with Crippen molar-refractivity contribution in [3.63, 3.8) is 0 Å². The Morgan fingerprint density at radius 1 is 0.971 bits per heavy atom. The Hall–Kier alpha value is -3.62. The van der Waals surface area contributed by atoms with Gasteiger partial charge in [0.1, 0.15) is 17.5 Å². The van der Waals surface area contributed by atoms with E-state index in [0.717, 1.165) is 11.3 Å². The molecule has 0 aromatic heterocycles. The van der Waals surface area contributed by atoms with Gasteiger partial charge in [0.15, 0.2) is 5.11 Å². The van der Waals surface area contributed by atoms with E-state index in [-0.39, 0.29) is 18.2 Å². The van der Waals surface area contributed by atoms with Crippen LogP contribution in [0.5, 0.6) is 11.5 Å². The normalized spacial score (nSPS) is 15.3. The van der Waals surface area contributed by atoms with Gasteiger partial charge in [0.2, 0.25) is 5.91 Å². The van der Waals surface area contributed by atoms with Gasteiger partial charge in [0.05, 0.1) is 37.0 Å². The first-order valence-corrected chi connectivity index (χ1v) is 11.7. The van der Waals surface area contributed by atoms with Gasteiger partial charge in [-0.05, 0) is 66.3 Å². The van der Waals surface area contributed by atoms with Crippen LogP contribution in [0.3, 0.4) is 0 Å². The lowest BCUT2D eigenvalue weighted by molar-refractivity contribution is -0.124. The van der Waals surface area contributed by atoms with Crippen molar-refractivity contribution in [1.29, 1.82) is 0 Å². The summed E-state index contributed by atoms with van der Waals surface area (Å²) in [6.45, 7) is 0.352. The molecule has 7 nitrogen and oxygen atoms in total. The van der Waals surface area contributed by atoms with Crippen LogP contribution < -0.4 is 19.7 Å². The fourth-order valence-electron chi connectivity index (χ4n) is 3.85. The van der Waals surface area contributed by atoms with Crippen LogP contribution in [0, 0.1) is 0 Å². The topological polar surface area (TPSA) is 71.1 Å². The second-order valence-corrected chi connectivity index (χ2v) is 8.65. The quantitative estimate of drug-likeness (QED) is 0.436. The molecule has 1 aliphatic heterocycles. The number of nitrogens with zero attached hydrogens (tertiary/aromatic N) is 2. The van der Waals surface area contributed by atoms with Crippen LogP contribution >= 0.6 is 23.8 Å². The molecule has 1 fully saturated rings. The molecule has 180 valence electrons. The Kier molecular flexibility index (Phi) is 7.53. The van der Waals surface area contributed by atoms with Crippen LogP contribution in [-0.2, 0) is 16.1 Å². The third-order valence-corrected chi connectivity index (χ3v) is 6.43. The predicted molar refractivity (Wildman–Crippen MR) is 140 cm³/mol. The van der Waals surface area contributed by atoms with Crippen molar-refractivity contribution in [1.82, 2.24) is 4.90 Å². The number of amides is 2. The number of rotatable bonds is 8. The van der Waals surface area contributed by atoms with Crippen LogP contribution in [0.4, 0.5) is 11.4 Å². The zero-order valence-corrected chi connectivity index (χ0v) is 20.8. The second kappa shape index (κ2) is 10.8. The molecule has 35 heavy (non-hydrogen) atoms. The molecular weight excluding hydrogens is 486 g/mol. The molecule has 0 saturated carbocycles. The number of ether oxygens (including phenoxy) is 2. The minimum atomic E-state index is -0.783. The average Bonchev–Trinajstić information content (AvgIpc) is 3.09. The fraction of sp³-hybridized carbons (Fsp3) is 0.192. The van der Waals surface area contributed by atoms with Gasteiger partial charge in [-0.15, -0.1) is 0 Å². The van der Waals surface area contributed by atoms with E-state index in [0.29, 0.717) is 33.8 Å². The molecule has 0 bridgehead atoms. The minimum absolute atomic E-state index is 0.0903. The van der Waals surface area contributed by atoms with Crippen molar-refractivity contribution in [2.75, 3.05) is 24.4 Å². The Morgan fingerprint density at radius 3 is 2.17 bits per heavy atom. The minimum Gasteiger partial charge on any atom is -0.497 e. The highest BCUT2D eigenvalue weighted by molar-refractivity contribution is 7.80. The smallest absolute Gasteiger partial charge is 0.256 e. The van der Waals surface area contributed by atoms with Crippen molar-refractivity contribution in [3.05, 3.63) is 83.4 Å². The van der Waals surface area contributed by atoms with Crippen LogP contribution in [0.25, 0.3) is 0 Å². The van der Waals surface area contributed by atoms with Gasteiger partial charge in [-0.1, -0.05) is 35.9 Å². The average molecular weight is 510 g/mol. The number of nitrogens with one attached hydrogen (secondary N) is 1. The largest absolute Gasteiger partial charge is 0.497 e. The first-order chi connectivity index (χ1) is 16.9. The van der Waals surface area contributed by atoms with E-state index in [1.54, 1.807) is 67.7 Å². The molecule has 1 aliphatic rings. The Morgan fingerprint density at radius 2 is 1.57 bits per heavy atom. The number of methoxy groups -OCH3 is 2. The molecule has 3 aromatic rings. The summed E-state index contributed by atoms with van der Waals surface area (Å²) in [7, 11) is 3.18. The summed E-state index contributed by atoms with van der Waals surface area (Å²) in [6, 6.07) is 20.7. The highest BCUT2D eigenvalue weighted by Gasteiger charge is 2.44. The maximum absolute atomic E-state index is 13.6. The number of benzene rings is 3. The summed E-state index contributed by atoms with van der Waals surface area (Å²) < 4.78 is 10.5. The number of halogens is 1. The molecule has 1 atom stereocenters. The number of anilines is 2. The lowest BCUT2D eigenvalue weighted by Crippen LogP contribution is -2.37. The summed E-state index contributed by atoms with van der Waals surface area (Å²) in [5.41, 5.74) is 2.02. The first kappa shape index (κ1) is 24.5. The lowest BCUT2D eigenvalue weighted by Gasteiger charge is -2.24. The van der Waals surface area contributed by atoms with E-state index >= 15 is 0 Å². The molecule has 0 spiro atoms. The van der Waals surface area contributed by atoms with Crippen LogP contribution in [0.2, 0.25) is 5.02 Å². The molecule has 0 aliphatic carbocycles. The molecule has 1 saturated heterocycles. The number of thiocarbonyl (C=S) groups is 1. The summed E-state index contributed by atoms with van der Waals surface area (Å²) in [5, 5.41) is 3.54. The van der Waals surface area contributed by atoms with Crippen molar-refractivity contribution < 1.29 is 19.1 Å². The molecule has 0 radical (unpaired) electrons. The van der Waals surface area contributed by atoms with E-state index in [1.807, 2.05) is 24.3 Å². The number of carbonyl (C=O) groups excluding carboxylic acids is 2. The van der Waals surface area contributed by atoms with Crippen molar-refractivity contribution in [2.24, 2.45) is 0 Å². The van der Waals surface area contributed by atoms with Gasteiger partial charge in [-0.25, -0.2) is 0 Å². The van der Waals surface area contributed by atoms with Gasteiger partial charge >= 0.3 is 0 Å². The van der Waals surface area contributed by atoms with E-state index < -0.39 is 6.04 Å². The highest BCUT2D eigenvalue weighted by Crippen LogP contribution is 2.30. The monoisotopic (exact) mass is 509 g/mol. The van der Waals surface area contributed by atoms with Crippen molar-refractivity contribution >= 4 is 52.1 Å². The van der Waals surface area contributed by atoms with E-state index in [1.165, 1.54) is 4.90 Å². The maximum Gasteiger partial charge on any atom is 0.256 e. The van der Waals surface area contributed by atoms with Gasteiger partial charge in [-0.3, -0.25) is 14.5 Å². The zero-order valence-electron chi connectivity index (χ0n) is 19.2. The standard InChI is InChI=1S/C26H24ClN3O4S/c1-33-19-11-7-17(8-12-19)16-29-23(15-24(31)28-22-6-4-3-5-21(22)27)25(32)30(26(29)35)18-9-13-20(34-2)14-10-18/h3-14,23H,15-16H2,1-2H3,(H,28,31)/t23-/m0/s1. The van der Waals surface area contributed by atoms with Gasteiger partial charge < -0.3 is 19.7 Å². The summed E-state index contributed by atoms with van der Waals surface area (Å²) >= 11 is 11.9. The summed E-state index contributed by atoms with van der Waals surface area (Å²) in [4.78, 5) is 29.7. The Bertz CT molecular complexity index is 1230. The van der Waals surface area contributed by atoms with E-state index in [2.05, 4.69) is 5.32 Å². The summed E-state index contributed by atoms with van der Waals surface area (Å²) in [6.07, 6.45) is -0.0903. The fourth-order valence-corrected chi connectivity index (χ4v) is 4.42. The molecule has 0 unspecified atom stereocenters. The second-order valence-electron chi connectivity index (χ2n) is 7.88. The van der Waals surface area contributed by atoms with E-state index in [4.69, 9.17) is 33.3 Å². The molecular formula is C26H24ClN3O4S. The van der Waals surface area contributed by atoms with Crippen LogP contribution in [0.1, 0.15) is 12.0 Å². The number of para-hydroxylation sites is 1. The first-order valence-electron chi connectivity index (χ1n) is 10.9. The third-order valence-electron chi connectivity index (χ3n) is 5.69. The molecule has 3 aromatic carbocycles. The molecule has 1 N–H and O–H groups in total. The third kappa shape index (κ3) is 5.39. The molecule has 1 heterocycles. The van der Waals surface area contributed by atoms with Crippen molar-refractivity contribution in [2.45, 2.75) is 19.0 Å². The predicted octanol–water partition coefficient (Wildman–Crippen LogP) is 4.89. The number of hydrogen-bond donors (Lipinski definition) is 1. The van der Waals surface area contributed by atoms with E-state index in [9.17, 15) is 9.59 Å². The van der Waals surface area contributed by atoms with Crippen molar-refractivity contribution in [3.8, 4) is 11.5 Å². The SMILES string of the molecule is COc1ccc(CN2C(=S)N(c3ccc(OC)cc3)C(=O)[C@@H]2CC(=O)Nc2ccccc2Cl)cc1.